The number of aliphatic hydroxyl groups is 2. The first-order chi connectivity index (χ1) is 17.9. The normalized spacial score (nSPS) is 23.6. The molecule has 0 spiro atoms. The van der Waals surface area contributed by atoms with Crippen LogP contribution in [0.5, 0.6) is 11.5 Å². The smallest absolute Gasteiger partial charge is 0.349 e. The highest BCUT2D eigenvalue weighted by atomic mass is 16.7. The van der Waals surface area contributed by atoms with E-state index in [-0.39, 0.29) is 40.4 Å². The van der Waals surface area contributed by atoms with E-state index in [0.29, 0.717) is 17.0 Å². The average molecular weight is 533 g/mol. The Hall–Kier alpha value is -3.45. The first kappa shape index (κ1) is 27.6. The topological polar surface area (TPSA) is 166 Å². The summed E-state index contributed by atoms with van der Waals surface area (Å²) < 4.78 is 27.7. The molecule has 3 aromatic rings. The van der Waals surface area contributed by atoms with E-state index in [4.69, 9.17) is 28.0 Å². The molecule has 4 rings (SSSR count). The summed E-state index contributed by atoms with van der Waals surface area (Å²) in [4.78, 5) is 18.2. The lowest BCUT2D eigenvalue weighted by molar-refractivity contribution is -0.306. The highest BCUT2D eigenvalue weighted by Crippen LogP contribution is 2.37. The van der Waals surface area contributed by atoms with Gasteiger partial charge in [-0.2, -0.15) is 0 Å². The van der Waals surface area contributed by atoms with Gasteiger partial charge in [-0.15, -0.1) is 0 Å². The Kier molecular flexibility index (Phi) is 7.53. The molecule has 1 fully saturated rings. The van der Waals surface area contributed by atoms with Gasteiger partial charge in [-0.05, 0) is 53.7 Å². The molecule has 1 saturated heterocycles. The van der Waals surface area contributed by atoms with E-state index in [1.54, 1.807) is 40.7 Å². The number of nitrogens with zero attached hydrogens (tertiary/aromatic N) is 2. The molecular formula is C26H32N2O10. The summed E-state index contributed by atoms with van der Waals surface area (Å²) in [7, 11) is 1.42. The van der Waals surface area contributed by atoms with E-state index >= 15 is 0 Å². The Balaban J connectivity index is 1.61. The molecule has 38 heavy (non-hydrogen) atoms. The van der Waals surface area contributed by atoms with Crippen molar-refractivity contribution in [2.45, 2.75) is 78.4 Å². The molecule has 0 amide bonds. The number of hydrogen-bond donors (Lipinski definition) is 3. The van der Waals surface area contributed by atoms with E-state index < -0.39 is 35.8 Å². The molecule has 0 unspecified atom stereocenters. The van der Waals surface area contributed by atoms with Gasteiger partial charge in [0.1, 0.15) is 53.3 Å². The Morgan fingerprint density at radius 3 is 2.53 bits per heavy atom. The number of fused-ring (bicyclic) bond motifs is 1. The molecule has 0 bridgehead atoms. The van der Waals surface area contributed by atoms with E-state index in [1.807, 2.05) is 0 Å². The number of aromatic hydroxyl groups is 1. The molecule has 3 N–H and O–H groups in total. The van der Waals surface area contributed by atoms with Crippen LogP contribution in [0.25, 0.3) is 11.0 Å². The van der Waals surface area contributed by atoms with Gasteiger partial charge in [0.05, 0.1) is 28.0 Å². The quantitative estimate of drug-likeness (QED) is 0.232. The molecule has 1 aliphatic rings. The molecule has 12 nitrogen and oxygen atoms in total. The lowest BCUT2D eigenvalue weighted by Gasteiger charge is -2.46. The zero-order valence-electron chi connectivity index (χ0n) is 22.3. The molecule has 2 aromatic heterocycles. The Morgan fingerprint density at radius 2 is 1.89 bits per heavy atom. The molecule has 3 heterocycles. The SMILES string of the molecule is CO[C@@H]1[C@H](O)[C@@H](O)[C@H](Oc2ccc3c(O)c(C(C)=NOCc4c(C)noc4C)c(=O)oc3c2C)OC1(C)C. The van der Waals surface area contributed by atoms with E-state index in [1.165, 1.54) is 20.1 Å². The fourth-order valence-corrected chi connectivity index (χ4v) is 4.59. The van der Waals surface area contributed by atoms with Gasteiger partial charge < -0.3 is 43.3 Å². The van der Waals surface area contributed by atoms with Crippen LogP contribution in [-0.4, -0.2) is 63.5 Å². The van der Waals surface area contributed by atoms with Crippen molar-refractivity contribution in [1.82, 2.24) is 5.16 Å². The van der Waals surface area contributed by atoms with Crippen molar-refractivity contribution < 1.29 is 43.3 Å². The third-order valence-electron chi connectivity index (χ3n) is 6.74. The van der Waals surface area contributed by atoms with E-state index in [9.17, 15) is 20.1 Å². The van der Waals surface area contributed by atoms with Crippen LogP contribution in [0.15, 0.2) is 31.0 Å². The zero-order valence-corrected chi connectivity index (χ0v) is 22.3. The van der Waals surface area contributed by atoms with Crippen LogP contribution < -0.4 is 10.4 Å². The van der Waals surface area contributed by atoms with Crippen LogP contribution in [-0.2, 0) is 20.9 Å². The molecule has 0 radical (unpaired) electrons. The predicted octanol–water partition coefficient (Wildman–Crippen LogP) is 2.60. The number of oxime groups is 1. The minimum atomic E-state index is -1.41. The third kappa shape index (κ3) is 4.87. The second-order valence-corrected chi connectivity index (χ2v) is 9.78. The molecule has 4 atom stereocenters. The van der Waals surface area contributed by atoms with Crippen LogP contribution in [0.2, 0.25) is 0 Å². The minimum absolute atomic E-state index is 0.0731. The van der Waals surface area contributed by atoms with Crippen LogP contribution in [0.1, 0.15) is 48.9 Å². The maximum atomic E-state index is 12.9. The van der Waals surface area contributed by atoms with E-state index in [2.05, 4.69) is 10.3 Å². The molecule has 1 aliphatic heterocycles. The molecule has 1 aromatic carbocycles. The van der Waals surface area contributed by atoms with Crippen LogP contribution in [0.4, 0.5) is 0 Å². The summed E-state index contributed by atoms with van der Waals surface area (Å²) in [6.45, 7) is 10.2. The van der Waals surface area contributed by atoms with Crippen LogP contribution in [0.3, 0.4) is 0 Å². The molecule has 0 saturated carbocycles. The number of rotatable bonds is 7. The highest BCUT2D eigenvalue weighted by Gasteiger charge is 2.50. The Labute approximate surface area is 218 Å². The van der Waals surface area contributed by atoms with Gasteiger partial charge in [0.2, 0.25) is 6.29 Å². The standard InChI is InChI=1S/C26H32N2O10/c1-11-17(35-25-21(31)20(30)23(33-7)26(5,6)37-25)9-8-15-19(29)18(24(32)36-22(11)15)13(3)27-34-10-16-12(2)28-38-14(16)4/h8-9,20-21,23,25,29-31H,10H2,1-7H3/t20-,21-,23-,25-/m1/s1. The number of benzene rings is 1. The Morgan fingerprint density at radius 1 is 1.18 bits per heavy atom. The summed E-state index contributed by atoms with van der Waals surface area (Å²) in [5.41, 5.74) is 0.0373. The van der Waals surface area contributed by atoms with Crippen LogP contribution >= 0.6 is 0 Å². The van der Waals surface area contributed by atoms with Gasteiger partial charge in [0, 0.05) is 12.7 Å². The molecular weight excluding hydrogens is 500 g/mol. The zero-order chi connectivity index (χ0) is 27.9. The van der Waals surface area contributed by atoms with Crippen molar-refractivity contribution in [3.63, 3.8) is 0 Å². The van der Waals surface area contributed by atoms with Gasteiger partial charge in [-0.25, -0.2) is 4.79 Å². The van der Waals surface area contributed by atoms with Gasteiger partial charge in [0.25, 0.3) is 0 Å². The highest BCUT2D eigenvalue weighted by molar-refractivity contribution is 6.04. The third-order valence-corrected chi connectivity index (χ3v) is 6.74. The maximum Gasteiger partial charge on any atom is 0.349 e. The summed E-state index contributed by atoms with van der Waals surface area (Å²) in [6, 6.07) is 3.05. The molecule has 206 valence electrons. The number of ether oxygens (including phenoxy) is 3. The second-order valence-electron chi connectivity index (χ2n) is 9.78. The van der Waals surface area contributed by atoms with Gasteiger partial charge in [0.15, 0.2) is 0 Å². The first-order valence-electron chi connectivity index (χ1n) is 12.0. The molecule has 12 heteroatoms. The largest absolute Gasteiger partial charge is 0.506 e. The summed E-state index contributed by atoms with van der Waals surface area (Å²) in [6.07, 6.45) is -4.68. The lowest BCUT2D eigenvalue weighted by atomic mass is 9.89. The number of methoxy groups -OCH3 is 1. The summed E-state index contributed by atoms with van der Waals surface area (Å²) >= 11 is 0. The van der Waals surface area contributed by atoms with Crippen molar-refractivity contribution in [3.05, 3.63) is 50.7 Å². The van der Waals surface area contributed by atoms with Crippen molar-refractivity contribution in [2.24, 2.45) is 5.16 Å². The van der Waals surface area contributed by atoms with Crippen molar-refractivity contribution in [1.29, 1.82) is 0 Å². The van der Waals surface area contributed by atoms with Crippen molar-refractivity contribution in [3.8, 4) is 11.5 Å². The van der Waals surface area contributed by atoms with Gasteiger partial charge in [-0.1, -0.05) is 10.3 Å². The molecule has 0 aliphatic carbocycles. The average Bonchev–Trinajstić information content (AvgIpc) is 3.16. The predicted molar refractivity (Wildman–Crippen MR) is 134 cm³/mol. The van der Waals surface area contributed by atoms with Crippen molar-refractivity contribution in [2.75, 3.05) is 7.11 Å². The fourth-order valence-electron chi connectivity index (χ4n) is 4.59. The lowest BCUT2D eigenvalue weighted by Crippen LogP contribution is -2.63. The minimum Gasteiger partial charge on any atom is -0.506 e. The maximum absolute atomic E-state index is 12.9. The monoisotopic (exact) mass is 532 g/mol. The Bertz CT molecular complexity index is 1400. The van der Waals surface area contributed by atoms with Crippen LogP contribution in [0, 0.1) is 20.8 Å². The van der Waals surface area contributed by atoms with Gasteiger partial charge in [-0.3, -0.25) is 0 Å². The number of aliphatic hydroxyl groups excluding tert-OH is 2. The van der Waals surface area contributed by atoms with Crippen molar-refractivity contribution >= 4 is 16.7 Å². The van der Waals surface area contributed by atoms with E-state index in [0.717, 1.165) is 5.56 Å². The number of aromatic nitrogens is 1. The summed E-state index contributed by atoms with van der Waals surface area (Å²) in [5, 5.41) is 40.1. The first-order valence-corrected chi connectivity index (χ1v) is 12.0. The van der Waals surface area contributed by atoms with Gasteiger partial charge >= 0.3 is 5.63 Å². The second kappa shape index (κ2) is 10.4. The number of hydrogen-bond acceptors (Lipinski definition) is 12. The summed E-state index contributed by atoms with van der Waals surface area (Å²) in [5.74, 6) is 0.491. The fraction of sp³-hybridized carbons (Fsp3) is 0.500. The number of aryl methyl sites for hydroxylation is 3.